The molecule has 1 unspecified atom stereocenters. The van der Waals surface area contributed by atoms with E-state index < -0.39 is 6.04 Å². The van der Waals surface area contributed by atoms with Gasteiger partial charge in [-0.05, 0) is 35.6 Å². The van der Waals surface area contributed by atoms with E-state index in [-0.39, 0.29) is 23.9 Å². The van der Waals surface area contributed by atoms with Crippen molar-refractivity contribution in [2.75, 3.05) is 49.3 Å². The molecule has 6 nitrogen and oxygen atoms in total. The van der Waals surface area contributed by atoms with Crippen molar-refractivity contribution in [3.8, 4) is 0 Å². The lowest BCUT2D eigenvalue weighted by Crippen LogP contribution is -2.58. The van der Waals surface area contributed by atoms with Gasteiger partial charge in [0.15, 0.2) is 0 Å². The predicted octanol–water partition coefficient (Wildman–Crippen LogP) is 4.38. The Morgan fingerprint density at radius 2 is 1.56 bits per heavy atom. The molecule has 0 bridgehead atoms. The highest BCUT2D eigenvalue weighted by Crippen LogP contribution is 2.30. The molecule has 2 heterocycles. The lowest BCUT2D eigenvalue weighted by atomic mass is 9.91. The summed E-state index contributed by atoms with van der Waals surface area (Å²) in [6, 6.07) is 20.8. The topological polar surface area (TPSA) is 64.7 Å². The van der Waals surface area contributed by atoms with E-state index in [0.29, 0.717) is 18.8 Å². The van der Waals surface area contributed by atoms with E-state index in [1.165, 1.54) is 43.2 Å². The Morgan fingerprint density at radius 3 is 2.15 bits per heavy atom. The van der Waals surface area contributed by atoms with Gasteiger partial charge >= 0.3 is 0 Å². The average molecular weight is 567 g/mol. The molecule has 8 heteroatoms. The Labute approximate surface area is 242 Å². The maximum absolute atomic E-state index is 13.8. The molecule has 2 atom stereocenters. The Bertz CT molecular complexity index is 998. The van der Waals surface area contributed by atoms with Crippen LogP contribution in [-0.4, -0.2) is 83.0 Å². The lowest BCUT2D eigenvalue weighted by Gasteiger charge is -2.40. The van der Waals surface area contributed by atoms with Gasteiger partial charge in [0.2, 0.25) is 11.8 Å². The number of amides is 2. The van der Waals surface area contributed by atoms with Crippen molar-refractivity contribution in [1.29, 1.82) is 0 Å². The second-order valence-electron chi connectivity index (χ2n) is 11.0. The second kappa shape index (κ2) is 14.6. The van der Waals surface area contributed by atoms with Crippen LogP contribution in [0, 0.1) is 5.92 Å². The monoisotopic (exact) mass is 566 g/mol. The number of hydrogen-bond donors (Lipinski definition) is 2. The number of benzene rings is 2. The first-order valence-corrected chi connectivity index (χ1v) is 16.8. The lowest BCUT2D eigenvalue weighted by molar-refractivity contribution is -0.137. The van der Waals surface area contributed by atoms with Crippen LogP contribution >= 0.6 is 23.5 Å². The summed E-state index contributed by atoms with van der Waals surface area (Å²) in [5, 5.41) is 6.39. The standard InChI is InChI=1S/C31H42N4O2S2/c36-30(27-21-39-23-32-27)33-28(22-38-20-24-10-4-1-5-11-24)31(37)35-18-16-34(17-19-35)29(25-12-6-2-7-13-25)26-14-8-3-9-15-26/h2-3,6-9,12-15,24,27-29,32H,1,4-5,10-11,16-23H2,(H,33,36)/t27?,28-/m0/s1. The van der Waals surface area contributed by atoms with E-state index >= 15 is 0 Å². The molecule has 1 aliphatic carbocycles. The zero-order valence-electron chi connectivity index (χ0n) is 22.8. The smallest absolute Gasteiger partial charge is 0.246 e. The van der Waals surface area contributed by atoms with Crippen LogP contribution in [0.1, 0.15) is 49.3 Å². The van der Waals surface area contributed by atoms with Crippen LogP contribution in [0.25, 0.3) is 0 Å². The minimum absolute atomic E-state index is 0.0385. The third kappa shape index (κ3) is 7.81. The SMILES string of the molecule is O=C(N[C@@H](CSCC1CCCCC1)C(=O)N1CCN(C(c2ccccc2)c2ccccc2)CC1)C1CSCN1. The number of nitrogens with zero attached hydrogens (tertiary/aromatic N) is 2. The van der Waals surface area contributed by atoms with Crippen LogP contribution in [0.4, 0.5) is 0 Å². The summed E-state index contributed by atoms with van der Waals surface area (Å²) in [6.07, 6.45) is 6.60. The molecule has 0 radical (unpaired) electrons. The maximum atomic E-state index is 13.8. The molecule has 3 aliphatic rings. The molecule has 2 amide bonds. The Hall–Kier alpha value is -2.00. The fraction of sp³-hybridized carbons (Fsp3) is 0.548. The summed E-state index contributed by atoms with van der Waals surface area (Å²) in [6.45, 7) is 2.95. The summed E-state index contributed by atoms with van der Waals surface area (Å²) in [7, 11) is 0. The number of rotatable bonds is 10. The molecule has 39 heavy (non-hydrogen) atoms. The van der Waals surface area contributed by atoms with Gasteiger partial charge in [-0.1, -0.05) is 79.9 Å². The summed E-state index contributed by atoms with van der Waals surface area (Å²) in [5.41, 5.74) is 2.55. The Balaban J connectivity index is 1.22. The zero-order valence-corrected chi connectivity index (χ0v) is 24.4. The largest absolute Gasteiger partial charge is 0.342 e. The maximum Gasteiger partial charge on any atom is 0.246 e. The first-order valence-electron chi connectivity index (χ1n) is 14.5. The normalized spacial score (nSPS) is 21.7. The summed E-state index contributed by atoms with van der Waals surface area (Å²) >= 11 is 3.58. The zero-order chi connectivity index (χ0) is 26.9. The fourth-order valence-corrected chi connectivity index (χ4v) is 8.23. The van der Waals surface area contributed by atoms with Gasteiger partial charge in [0.25, 0.3) is 0 Å². The van der Waals surface area contributed by atoms with E-state index in [9.17, 15) is 9.59 Å². The fourth-order valence-electron chi connectivity index (χ4n) is 6.02. The minimum atomic E-state index is -0.468. The van der Waals surface area contributed by atoms with Gasteiger partial charge in [-0.15, -0.1) is 11.8 Å². The quantitative estimate of drug-likeness (QED) is 0.445. The number of carbonyl (C=O) groups is 2. The average Bonchev–Trinajstić information content (AvgIpc) is 3.54. The number of thioether (sulfide) groups is 2. The van der Waals surface area contributed by atoms with Crippen LogP contribution in [0.15, 0.2) is 60.7 Å². The summed E-state index contributed by atoms with van der Waals surface area (Å²) in [5.74, 6) is 4.07. The number of carbonyl (C=O) groups excluding carboxylic acids is 2. The predicted molar refractivity (Wildman–Crippen MR) is 163 cm³/mol. The van der Waals surface area contributed by atoms with Gasteiger partial charge in [-0.25, -0.2) is 0 Å². The van der Waals surface area contributed by atoms with Gasteiger partial charge < -0.3 is 10.2 Å². The van der Waals surface area contributed by atoms with Crippen molar-refractivity contribution in [3.05, 3.63) is 71.8 Å². The van der Waals surface area contributed by atoms with Crippen molar-refractivity contribution < 1.29 is 9.59 Å². The molecule has 2 saturated heterocycles. The molecule has 2 aliphatic heterocycles. The third-order valence-electron chi connectivity index (χ3n) is 8.23. The first-order chi connectivity index (χ1) is 19.2. The summed E-state index contributed by atoms with van der Waals surface area (Å²) in [4.78, 5) is 31.3. The van der Waals surface area contributed by atoms with Crippen LogP contribution < -0.4 is 10.6 Å². The van der Waals surface area contributed by atoms with Crippen molar-refractivity contribution >= 4 is 35.3 Å². The van der Waals surface area contributed by atoms with Crippen LogP contribution in [0.5, 0.6) is 0 Å². The highest BCUT2D eigenvalue weighted by atomic mass is 32.2. The molecule has 2 N–H and O–H groups in total. The number of nitrogens with one attached hydrogen (secondary N) is 2. The highest BCUT2D eigenvalue weighted by Gasteiger charge is 2.33. The Morgan fingerprint density at radius 1 is 0.923 bits per heavy atom. The van der Waals surface area contributed by atoms with Crippen molar-refractivity contribution in [2.45, 2.75) is 50.2 Å². The van der Waals surface area contributed by atoms with Crippen LogP contribution in [-0.2, 0) is 9.59 Å². The highest BCUT2D eigenvalue weighted by molar-refractivity contribution is 7.99. The minimum Gasteiger partial charge on any atom is -0.342 e. The van der Waals surface area contributed by atoms with Gasteiger partial charge in [-0.3, -0.25) is 19.8 Å². The van der Waals surface area contributed by atoms with Crippen molar-refractivity contribution in [3.63, 3.8) is 0 Å². The number of piperazine rings is 1. The molecule has 5 rings (SSSR count). The third-order valence-corrected chi connectivity index (χ3v) is 10.4. The van der Waals surface area contributed by atoms with Crippen LogP contribution in [0.3, 0.4) is 0 Å². The molecule has 0 spiro atoms. The number of hydrogen-bond acceptors (Lipinski definition) is 6. The first kappa shape index (κ1) is 28.5. The van der Waals surface area contributed by atoms with E-state index in [1.807, 2.05) is 16.7 Å². The molecule has 210 valence electrons. The van der Waals surface area contributed by atoms with E-state index in [2.05, 4.69) is 76.2 Å². The Kier molecular flexibility index (Phi) is 10.7. The van der Waals surface area contributed by atoms with E-state index in [1.54, 1.807) is 11.8 Å². The van der Waals surface area contributed by atoms with Gasteiger partial charge in [0.05, 0.1) is 12.1 Å². The molecular weight excluding hydrogens is 525 g/mol. The molecule has 2 aromatic rings. The van der Waals surface area contributed by atoms with Gasteiger partial charge in [-0.2, -0.15) is 11.8 Å². The van der Waals surface area contributed by atoms with E-state index in [0.717, 1.165) is 36.4 Å². The molecule has 0 aromatic heterocycles. The van der Waals surface area contributed by atoms with Crippen molar-refractivity contribution in [1.82, 2.24) is 20.4 Å². The van der Waals surface area contributed by atoms with Crippen molar-refractivity contribution in [2.24, 2.45) is 5.92 Å². The molecule has 3 fully saturated rings. The molecule has 1 saturated carbocycles. The van der Waals surface area contributed by atoms with Gasteiger partial charge in [0.1, 0.15) is 6.04 Å². The summed E-state index contributed by atoms with van der Waals surface area (Å²) < 4.78 is 0. The van der Waals surface area contributed by atoms with Crippen LogP contribution in [0.2, 0.25) is 0 Å². The van der Waals surface area contributed by atoms with Gasteiger partial charge in [0, 0.05) is 43.6 Å². The molecular formula is C31H42N4O2S2. The molecule has 2 aromatic carbocycles. The second-order valence-corrected chi connectivity index (χ2v) is 13.1. The van der Waals surface area contributed by atoms with E-state index in [4.69, 9.17) is 0 Å².